The predicted molar refractivity (Wildman–Crippen MR) is 67.3 cm³/mol. The summed E-state index contributed by atoms with van der Waals surface area (Å²) < 4.78 is 5.55. The van der Waals surface area contributed by atoms with Crippen molar-refractivity contribution >= 4 is 5.91 Å². The van der Waals surface area contributed by atoms with E-state index in [9.17, 15) is 4.79 Å². The van der Waals surface area contributed by atoms with E-state index < -0.39 is 0 Å². The maximum absolute atomic E-state index is 12.1. The van der Waals surface area contributed by atoms with Gasteiger partial charge >= 0.3 is 0 Å². The minimum absolute atomic E-state index is 0.138. The van der Waals surface area contributed by atoms with Gasteiger partial charge in [-0.25, -0.2) is 0 Å². The number of hydrogen-bond donors (Lipinski definition) is 0. The van der Waals surface area contributed by atoms with Gasteiger partial charge in [0.1, 0.15) is 5.75 Å². The second-order valence-electron chi connectivity index (χ2n) is 4.69. The third-order valence-electron chi connectivity index (χ3n) is 2.87. The van der Waals surface area contributed by atoms with Crippen molar-refractivity contribution in [3.05, 3.63) is 29.8 Å². The molecule has 0 saturated carbocycles. The highest BCUT2D eigenvalue weighted by Crippen LogP contribution is 2.17. The molecule has 1 aromatic rings. The normalized spacial score (nSPS) is 15.4. The van der Waals surface area contributed by atoms with E-state index in [2.05, 4.69) is 0 Å². The average Bonchev–Trinajstić information content (AvgIpc) is 2.82. The Hall–Kier alpha value is -1.51. The minimum Gasteiger partial charge on any atom is -0.491 e. The van der Waals surface area contributed by atoms with Gasteiger partial charge in [0.15, 0.2) is 0 Å². The molecule has 1 aliphatic heterocycles. The summed E-state index contributed by atoms with van der Waals surface area (Å²) in [6.45, 7) is 5.76. The van der Waals surface area contributed by atoms with Crippen LogP contribution < -0.4 is 4.74 Å². The molecule has 0 aliphatic carbocycles. The highest BCUT2D eigenvalue weighted by Gasteiger charge is 2.19. The number of hydrogen-bond acceptors (Lipinski definition) is 2. The van der Waals surface area contributed by atoms with E-state index in [1.165, 1.54) is 0 Å². The molecule has 1 amide bonds. The first kappa shape index (κ1) is 12.0. The summed E-state index contributed by atoms with van der Waals surface area (Å²) in [6, 6.07) is 7.42. The Morgan fingerprint density at radius 1 is 1.18 bits per heavy atom. The highest BCUT2D eigenvalue weighted by atomic mass is 16.5. The molecule has 2 rings (SSSR count). The molecule has 0 unspecified atom stereocenters. The van der Waals surface area contributed by atoms with E-state index in [4.69, 9.17) is 4.74 Å². The summed E-state index contributed by atoms with van der Waals surface area (Å²) in [5, 5.41) is 0. The van der Waals surface area contributed by atoms with Gasteiger partial charge in [0.2, 0.25) is 0 Å². The van der Waals surface area contributed by atoms with Gasteiger partial charge in [-0.2, -0.15) is 0 Å². The lowest BCUT2D eigenvalue weighted by Crippen LogP contribution is -2.27. The molecule has 0 spiro atoms. The fourth-order valence-electron chi connectivity index (χ4n) is 2.05. The number of nitrogens with zero attached hydrogens (tertiary/aromatic N) is 1. The van der Waals surface area contributed by atoms with E-state index in [1.807, 2.05) is 43.0 Å². The van der Waals surface area contributed by atoms with E-state index in [1.54, 1.807) is 0 Å². The Morgan fingerprint density at radius 2 is 1.76 bits per heavy atom. The summed E-state index contributed by atoms with van der Waals surface area (Å²) in [5.41, 5.74) is 0.753. The standard InChI is InChI=1S/C14H19NO2/c1-11(2)17-13-7-5-12(6-8-13)14(16)15-9-3-4-10-15/h5-8,11H,3-4,9-10H2,1-2H3. The Kier molecular flexibility index (Phi) is 3.67. The number of rotatable bonds is 3. The maximum atomic E-state index is 12.1. The van der Waals surface area contributed by atoms with Crippen LogP contribution in [0.25, 0.3) is 0 Å². The lowest BCUT2D eigenvalue weighted by atomic mass is 10.2. The molecule has 0 bridgehead atoms. The van der Waals surface area contributed by atoms with Crippen molar-refractivity contribution in [2.75, 3.05) is 13.1 Å². The number of likely N-dealkylation sites (tertiary alicyclic amines) is 1. The van der Waals surface area contributed by atoms with Gasteiger partial charge in [-0.1, -0.05) is 0 Å². The zero-order chi connectivity index (χ0) is 12.3. The van der Waals surface area contributed by atoms with E-state index >= 15 is 0 Å². The van der Waals surface area contributed by atoms with Crippen LogP contribution in [-0.2, 0) is 0 Å². The lowest BCUT2D eigenvalue weighted by Gasteiger charge is -2.15. The molecular weight excluding hydrogens is 214 g/mol. The second-order valence-corrected chi connectivity index (χ2v) is 4.69. The van der Waals surface area contributed by atoms with E-state index in [-0.39, 0.29) is 12.0 Å². The SMILES string of the molecule is CC(C)Oc1ccc(C(=O)N2CCCC2)cc1. The summed E-state index contributed by atoms with van der Waals surface area (Å²) in [7, 11) is 0. The number of ether oxygens (including phenoxy) is 1. The van der Waals surface area contributed by atoms with Crippen LogP contribution in [0.3, 0.4) is 0 Å². The van der Waals surface area contributed by atoms with Crippen molar-refractivity contribution < 1.29 is 9.53 Å². The van der Waals surface area contributed by atoms with Gasteiger partial charge in [-0.05, 0) is 51.0 Å². The Bertz CT molecular complexity index is 378. The largest absolute Gasteiger partial charge is 0.491 e. The van der Waals surface area contributed by atoms with Crippen molar-refractivity contribution in [3.8, 4) is 5.75 Å². The summed E-state index contributed by atoms with van der Waals surface area (Å²) in [4.78, 5) is 14.0. The quantitative estimate of drug-likeness (QED) is 0.803. The van der Waals surface area contributed by atoms with Crippen LogP contribution in [0.5, 0.6) is 5.75 Å². The first-order chi connectivity index (χ1) is 8.16. The topological polar surface area (TPSA) is 29.5 Å². The first-order valence-electron chi connectivity index (χ1n) is 6.23. The molecule has 0 N–H and O–H groups in total. The first-order valence-corrected chi connectivity index (χ1v) is 6.23. The van der Waals surface area contributed by atoms with Crippen molar-refractivity contribution in [2.45, 2.75) is 32.8 Å². The zero-order valence-corrected chi connectivity index (χ0v) is 10.5. The Morgan fingerprint density at radius 3 is 2.29 bits per heavy atom. The molecule has 1 aromatic carbocycles. The minimum atomic E-state index is 0.138. The molecule has 3 heteroatoms. The number of carbonyl (C=O) groups is 1. The van der Waals surface area contributed by atoms with Gasteiger partial charge in [0.05, 0.1) is 6.10 Å². The van der Waals surface area contributed by atoms with Gasteiger partial charge in [0, 0.05) is 18.7 Å². The Labute approximate surface area is 102 Å². The van der Waals surface area contributed by atoms with Crippen LogP contribution in [0.4, 0.5) is 0 Å². The summed E-state index contributed by atoms with van der Waals surface area (Å²) in [5.74, 6) is 0.955. The molecule has 1 heterocycles. The van der Waals surface area contributed by atoms with Crippen molar-refractivity contribution in [1.29, 1.82) is 0 Å². The predicted octanol–water partition coefficient (Wildman–Crippen LogP) is 2.71. The van der Waals surface area contributed by atoms with Crippen LogP contribution in [0, 0.1) is 0 Å². The fraction of sp³-hybridized carbons (Fsp3) is 0.500. The number of amides is 1. The molecule has 0 atom stereocenters. The van der Waals surface area contributed by atoms with Crippen molar-refractivity contribution in [3.63, 3.8) is 0 Å². The summed E-state index contributed by atoms with van der Waals surface area (Å²) >= 11 is 0. The number of carbonyl (C=O) groups excluding carboxylic acids is 1. The van der Waals surface area contributed by atoms with Gasteiger partial charge in [0.25, 0.3) is 5.91 Å². The molecule has 0 aromatic heterocycles. The Balaban J connectivity index is 2.04. The van der Waals surface area contributed by atoms with Crippen LogP contribution in [0.15, 0.2) is 24.3 Å². The molecule has 1 fully saturated rings. The highest BCUT2D eigenvalue weighted by molar-refractivity contribution is 5.94. The third-order valence-corrected chi connectivity index (χ3v) is 2.87. The molecule has 92 valence electrons. The average molecular weight is 233 g/mol. The smallest absolute Gasteiger partial charge is 0.253 e. The third kappa shape index (κ3) is 2.99. The second kappa shape index (κ2) is 5.21. The molecule has 1 aliphatic rings. The molecule has 3 nitrogen and oxygen atoms in total. The van der Waals surface area contributed by atoms with Crippen LogP contribution in [0.1, 0.15) is 37.0 Å². The zero-order valence-electron chi connectivity index (χ0n) is 10.5. The van der Waals surface area contributed by atoms with Crippen LogP contribution in [0.2, 0.25) is 0 Å². The fourth-order valence-corrected chi connectivity index (χ4v) is 2.05. The van der Waals surface area contributed by atoms with Gasteiger partial charge < -0.3 is 9.64 Å². The van der Waals surface area contributed by atoms with Crippen molar-refractivity contribution in [1.82, 2.24) is 4.90 Å². The van der Waals surface area contributed by atoms with E-state index in [0.29, 0.717) is 0 Å². The molecule has 1 saturated heterocycles. The van der Waals surface area contributed by atoms with Crippen LogP contribution in [-0.4, -0.2) is 30.0 Å². The molecular formula is C14H19NO2. The van der Waals surface area contributed by atoms with E-state index in [0.717, 1.165) is 37.2 Å². The monoisotopic (exact) mass is 233 g/mol. The van der Waals surface area contributed by atoms with Gasteiger partial charge in [-0.3, -0.25) is 4.79 Å². The number of benzene rings is 1. The molecule has 0 radical (unpaired) electrons. The summed E-state index contributed by atoms with van der Waals surface area (Å²) in [6.07, 6.45) is 2.41. The van der Waals surface area contributed by atoms with Crippen molar-refractivity contribution in [2.24, 2.45) is 0 Å². The molecule has 17 heavy (non-hydrogen) atoms. The van der Waals surface area contributed by atoms with Gasteiger partial charge in [-0.15, -0.1) is 0 Å². The van der Waals surface area contributed by atoms with Crippen LogP contribution >= 0.6 is 0 Å². The maximum Gasteiger partial charge on any atom is 0.253 e. The lowest BCUT2D eigenvalue weighted by molar-refractivity contribution is 0.0793.